The van der Waals surface area contributed by atoms with E-state index in [1.54, 1.807) is 0 Å². The Labute approximate surface area is 87.9 Å². The van der Waals surface area contributed by atoms with Crippen molar-refractivity contribution < 1.29 is 24.5 Å². The number of carboxylic acids is 1. The maximum Gasteiger partial charge on any atom is 0.336 e. The van der Waals surface area contributed by atoms with Crippen LogP contribution < -0.4 is 0 Å². The fourth-order valence-electron chi connectivity index (χ4n) is 0.695. The molecule has 0 aliphatic carbocycles. The Balaban J connectivity index is 4.30. The molecule has 0 aromatic rings. The molecule has 0 fully saturated rings. The van der Waals surface area contributed by atoms with E-state index in [0.29, 0.717) is 0 Å². The molecule has 0 rings (SSSR count). The maximum absolute atomic E-state index is 10.6. The quantitative estimate of drug-likeness (QED) is 0.459. The van der Waals surface area contributed by atoms with Gasteiger partial charge in [-0.05, 0) is 12.2 Å². The minimum absolute atomic E-state index is 1.04. The molecule has 0 aromatic heterocycles. The van der Waals surface area contributed by atoms with Gasteiger partial charge >= 0.3 is 5.97 Å². The first-order valence-corrected chi connectivity index (χ1v) is 4.14. The van der Waals surface area contributed by atoms with Crippen LogP contribution in [0.3, 0.4) is 0 Å². The summed E-state index contributed by atoms with van der Waals surface area (Å²) in [5.74, 6) is -1.20. The second-order valence-electron chi connectivity index (χ2n) is 2.50. The topological polar surface area (TPSA) is 76.0 Å². The van der Waals surface area contributed by atoms with Crippen molar-refractivity contribution >= 4 is 5.97 Å². The van der Waals surface area contributed by atoms with Crippen molar-refractivity contribution in [2.45, 2.75) is 18.7 Å². The van der Waals surface area contributed by atoms with E-state index < -0.39 is 24.7 Å². The Kier molecular flexibility index (Phi) is 6.28. The van der Waals surface area contributed by atoms with Crippen molar-refractivity contribution in [3.05, 3.63) is 38.0 Å². The highest BCUT2D eigenvalue weighted by Gasteiger charge is 2.19. The van der Waals surface area contributed by atoms with Crippen molar-refractivity contribution in [2.24, 2.45) is 0 Å². The number of carbonyl (C=O) groups is 1. The van der Waals surface area contributed by atoms with Crippen LogP contribution in [0.25, 0.3) is 0 Å². The zero-order valence-electron chi connectivity index (χ0n) is 8.20. The molecule has 0 spiro atoms. The highest BCUT2D eigenvalue weighted by atomic mass is 16.7. The predicted octanol–water partition coefficient (Wildman–Crippen LogP) is 0.675. The minimum atomic E-state index is -1.24. The average Bonchev–Trinajstić information content (AvgIpc) is 2.22. The summed E-state index contributed by atoms with van der Waals surface area (Å²) >= 11 is 0. The van der Waals surface area contributed by atoms with Crippen LogP contribution in [0.1, 0.15) is 0 Å². The van der Waals surface area contributed by atoms with Crippen LogP contribution in [0.2, 0.25) is 0 Å². The summed E-state index contributed by atoms with van der Waals surface area (Å²) in [4.78, 5) is 10.6. The zero-order chi connectivity index (χ0) is 11.8. The Morgan fingerprint density at radius 1 is 1.13 bits per heavy atom. The summed E-state index contributed by atoms with van der Waals surface area (Å²) in [6.45, 7) is 9.94. The fourth-order valence-corrected chi connectivity index (χ4v) is 0.695. The highest BCUT2D eigenvalue weighted by Crippen LogP contribution is 2.06. The lowest BCUT2D eigenvalue weighted by Crippen LogP contribution is -2.30. The molecule has 5 nitrogen and oxygen atoms in total. The lowest BCUT2D eigenvalue weighted by atomic mass is 10.3. The van der Waals surface area contributed by atoms with Gasteiger partial charge in [0, 0.05) is 0 Å². The van der Waals surface area contributed by atoms with E-state index in [2.05, 4.69) is 19.7 Å². The molecule has 3 atom stereocenters. The Morgan fingerprint density at radius 3 is 2.07 bits per heavy atom. The molecule has 0 bridgehead atoms. The van der Waals surface area contributed by atoms with Gasteiger partial charge in [-0.1, -0.05) is 25.8 Å². The SMILES string of the molecule is C=CC(O)OC(C=C)OC(C=C)C(=O)O. The van der Waals surface area contributed by atoms with Crippen LogP contribution in [-0.2, 0) is 14.3 Å². The number of aliphatic hydroxyl groups excluding tert-OH is 1. The van der Waals surface area contributed by atoms with Crippen molar-refractivity contribution in [3.8, 4) is 0 Å². The van der Waals surface area contributed by atoms with Gasteiger partial charge in [0.1, 0.15) is 0 Å². The molecule has 0 aliphatic rings. The maximum atomic E-state index is 10.6. The Bertz CT molecular complexity index is 248. The van der Waals surface area contributed by atoms with Gasteiger partial charge in [0.2, 0.25) is 0 Å². The zero-order valence-corrected chi connectivity index (χ0v) is 8.20. The number of aliphatic carboxylic acids is 1. The van der Waals surface area contributed by atoms with Gasteiger partial charge < -0.3 is 19.7 Å². The second kappa shape index (κ2) is 6.94. The molecule has 0 saturated carbocycles. The van der Waals surface area contributed by atoms with Gasteiger partial charge in [-0.2, -0.15) is 0 Å². The molecule has 2 N–H and O–H groups in total. The van der Waals surface area contributed by atoms with Crippen LogP contribution in [-0.4, -0.2) is 34.9 Å². The third-order valence-electron chi connectivity index (χ3n) is 1.41. The van der Waals surface area contributed by atoms with E-state index in [-0.39, 0.29) is 0 Å². The molecule has 0 aromatic carbocycles. The molecule has 0 amide bonds. The first kappa shape index (κ1) is 13.6. The lowest BCUT2D eigenvalue weighted by molar-refractivity contribution is -0.205. The molecule has 0 aliphatic heterocycles. The smallest absolute Gasteiger partial charge is 0.336 e. The normalized spacial score (nSPS) is 16.1. The third-order valence-corrected chi connectivity index (χ3v) is 1.41. The Hall–Kier alpha value is -1.43. The van der Waals surface area contributed by atoms with Crippen molar-refractivity contribution in [1.29, 1.82) is 0 Å². The molecule has 5 heteroatoms. The average molecular weight is 214 g/mol. The number of aliphatic hydroxyl groups is 1. The van der Waals surface area contributed by atoms with E-state index in [1.807, 2.05) is 0 Å². The standard InChI is InChI=1S/C10H14O5/c1-4-7(10(12)13)14-9(6-3)15-8(11)5-2/h4-9,11H,1-3H2,(H,12,13). The van der Waals surface area contributed by atoms with E-state index in [4.69, 9.17) is 19.7 Å². The summed E-state index contributed by atoms with van der Waals surface area (Å²) in [6, 6.07) is 0. The van der Waals surface area contributed by atoms with Crippen LogP contribution in [0.5, 0.6) is 0 Å². The van der Waals surface area contributed by atoms with E-state index in [9.17, 15) is 4.79 Å². The van der Waals surface area contributed by atoms with Gasteiger partial charge in [0.25, 0.3) is 0 Å². The van der Waals surface area contributed by atoms with Gasteiger partial charge in [0.05, 0.1) is 0 Å². The number of hydrogen-bond donors (Lipinski definition) is 2. The molecule has 3 unspecified atom stereocenters. The number of ether oxygens (including phenoxy) is 2. The van der Waals surface area contributed by atoms with Crippen molar-refractivity contribution in [3.63, 3.8) is 0 Å². The van der Waals surface area contributed by atoms with Crippen LogP contribution in [0, 0.1) is 0 Å². The third kappa shape index (κ3) is 5.11. The van der Waals surface area contributed by atoms with Crippen LogP contribution in [0.15, 0.2) is 38.0 Å². The summed E-state index contributed by atoms with van der Waals surface area (Å²) in [6.07, 6.45) is -0.0626. The van der Waals surface area contributed by atoms with Crippen LogP contribution in [0.4, 0.5) is 0 Å². The van der Waals surface area contributed by atoms with Gasteiger partial charge in [-0.25, -0.2) is 4.79 Å². The second-order valence-corrected chi connectivity index (χ2v) is 2.50. The first-order valence-electron chi connectivity index (χ1n) is 4.14. The molecular weight excluding hydrogens is 200 g/mol. The largest absolute Gasteiger partial charge is 0.479 e. The fraction of sp³-hybridized carbons (Fsp3) is 0.300. The monoisotopic (exact) mass is 214 g/mol. The molecule has 0 saturated heterocycles. The van der Waals surface area contributed by atoms with Crippen molar-refractivity contribution in [1.82, 2.24) is 0 Å². The summed E-state index contributed by atoms with van der Waals surface area (Å²) in [5, 5.41) is 17.7. The number of hydrogen-bond acceptors (Lipinski definition) is 4. The van der Waals surface area contributed by atoms with Gasteiger partial charge in [-0.15, -0.1) is 0 Å². The van der Waals surface area contributed by atoms with Crippen LogP contribution >= 0.6 is 0 Å². The van der Waals surface area contributed by atoms with Crippen molar-refractivity contribution in [2.75, 3.05) is 0 Å². The predicted molar refractivity (Wildman–Crippen MR) is 54.0 cm³/mol. The summed E-state index contributed by atoms with van der Waals surface area (Å²) < 4.78 is 9.73. The summed E-state index contributed by atoms with van der Waals surface area (Å²) in [7, 11) is 0. The van der Waals surface area contributed by atoms with Gasteiger partial charge in [-0.3, -0.25) is 0 Å². The minimum Gasteiger partial charge on any atom is -0.479 e. The molecule has 84 valence electrons. The molecule has 0 radical (unpaired) electrons. The van der Waals surface area contributed by atoms with E-state index in [0.717, 1.165) is 12.2 Å². The number of rotatable bonds is 8. The Morgan fingerprint density at radius 2 is 1.73 bits per heavy atom. The molecule has 15 heavy (non-hydrogen) atoms. The van der Waals surface area contributed by atoms with Gasteiger partial charge in [0.15, 0.2) is 18.7 Å². The lowest BCUT2D eigenvalue weighted by Gasteiger charge is -2.19. The highest BCUT2D eigenvalue weighted by molar-refractivity contribution is 5.74. The van der Waals surface area contributed by atoms with E-state index in [1.165, 1.54) is 6.08 Å². The molecule has 0 heterocycles. The van der Waals surface area contributed by atoms with E-state index >= 15 is 0 Å². The first-order chi connectivity index (χ1) is 7.04. The molecular formula is C10H14O5. The number of carboxylic acid groups (broad SMARTS) is 1. The summed E-state index contributed by atoms with van der Waals surface area (Å²) in [5.41, 5.74) is 0.